The fourth-order valence-electron chi connectivity index (χ4n) is 1.57. The predicted molar refractivity (Wildman–Crippen MR) is 60.3 cm³/mol. The molecule has 0 amide bonds. The van der Waals surface area contributed by atoms with Gasteiger partial charge in [-0.25, -0.2) is 0 Å². The monoisotopic (exact) mass is 224 g/mol. The van der Waals surface area contributed by atoms with Crippen LogP contribution in [0.25, 0.3) is 0 Å². The number of aryl methyl sites for hydroxylation is 1. The van der Waals surface area contributed by atoms with Gasteiger partial charge in [-0.1, -0.05) is 0 Å². The lowest BCUT2D eigenvalue weighted by Gasteiger charge is -2.11. The highest BCUT2D eigenvalue weighted by Gasteiger charge is 2.11. The Bertz CT molecular complexity index is 360. The minimum absolute atomic E-state index is 0.130. The first-order valence-electron chi connectivity index (χ1n) is 5.07. The average molecular weight is 224 g/mol. The maximum Gasteiger partial charge on any atom is 0.171 e. The summed E-state index contributed by atoms with van der Waals surface area (Å²) in [7, 11) is 3.03. The molecule has 0 aromatic heterocycles. The molecule has 16 heavy (non-hydrogen) atoms. The minimum Gasteiger partial charge on any atom is -0.493 e. The van der Waals surface area contributed by atoms with Crippen LogP contribution < -0.4 is 9.47 Å². The number of hydrogen-bond donors (Lipinski definition) is 1. The van der Waals surface area contributed by atoms with Crippen molar-refractivity contribution >= 4 is 6.29 Å². The molecule has 0 bridgehead atoms. The lowest BCUT2D eigenvalue weighted by atomic mass is 10.1. The van der Waals surface area contributed by atoms with Gasteiger partial charge in [-0.05, 0) is 30.5 Å². The summed E-state index contributed by atoms with van der Waals surface area (Å²) >= 11 is 0. The van der Waals surface area contributed by atoms with Gasteiger partial charge in [0.25, 0.3) is 0 Å². The predicted octanol–water partition coefficient (Wildman–Crippen LogP) is 1.44. The second-order valence-electron chi connectivity index (χ2n) is 3.37. The molecule has 0 fully saturated rings. The van der Waals surface area contributed by atoms with E-state index in [1.54, 1.807) is 6.07 Å². The van der Waals surface area contributed by atoms with Crippen LogP contribution in [0.15, 0.2) is 12.1 Å². The fraction of sp³-hybridized carbons (Fsp3) is 0.417. The molecule has 4 nitrogen and oxygen atoms in total. The first-order valence-corrected chi connectivity index (χ1v) is 5.07. The molecule has 1 aromatic rings. The number of carbonyl (C=O) groups excluding carboxylic acids is 1. The standard InChI is InChI=1S/C12H16O4/c1-15-11-7-9(4-3-5-13)6-10(8-14)12(11)16-2/h6-8,13H,3-5H2,1-2H3. The summed E-state index contributed by atoms with van der Waals surface area (Å²) in [6, 6.07) is 3.57. The number of ether oxygens (including phenoxy) is 2. The van der Waals surface area contributed by atoms with Crippen molar-refractivity contribution in [2.75, 3.05) is 20.8 Å². The molecule has 1 N–H and O–H groups in total. The molecular formula is C12H16O4. The van der Waals surface area contributed by atoms with Gasteiger partial charge in [0.2, 0.25) is 0 Å². The van der Waals surface area contributed by atoms with E-state index in [-0.39, 0.29) is 6.61 Å². The van der Waals surface area contributed by atoms with Crippen LogP contribution in [0.1, 0.15) is 22.3 Å². The average Bonchev–Trinajstić information content (AvgIpc) is 2.34. The number of aliphatic hydroxyl groups is 1. The molecule has 0 saturated carbocycles. The number of benzene rings is 1. The second-order valence-corrected chi connectivity index (χ2v) is 3.37. The Labute approximate surface area is 94.8 Å². The number of rotatable bonds is 6. The molecule has 0 spiro atoms. The molecule has 0 unspecified atom stereocenters. The highest BCUT2D eigenvalue weighted by atomic mass is 16.5. The van der Waals surface area contributed by atoms with Crippen LogP contribution in [-0.2, 0) is 6.42 Å². The normalized spacial score (nSPS) is 9.94. The molecule has 0 saturated heterocycles. The number of methoxy groups -OCH3 is 2. The van der Waals surface area contributed by atoms with E-state index in [0.29, 0.717) is 29.9 Å². The molecule has 88 valence electrons. The summed E-state index contributed by atoms with van der Waals surface area (Å²) in [6.07, 6.45) is 2.11. The number of aldehydes is 1. The van der Waals surface area contributed by atoms with Crippen molar-refractivity contribution in [3.05, 3.63) is 23.3 Å². The Morgan fingerprint density at radius 2 is 2.06 bits per heavy atom. The molecule has 1 aromatic carbocycles. The van der Waals surface area contributed by atoms with Crippen LogP contribution in [0.5, 0.6) is 11.5 Å². The van der Waals surface area contributed by atoms with E-state index in [9.17, 15) is 4.79 Å². The Morgan fingerprint density at radius 3 is 2.56 bits per heavy atom. The lowest BCUT2D eigenvalue weighted by molar-refractivity contribution is 0.112. The van der Waals surface area contributed by atoms with Gasteiger partial charge in [-0.15, -0.1) is 0 Å². The van der Waals surface area contributed by atoms with E-state index in [2.05, 4.69) is 0 Å². The van der Waals surface area contributed by atoms with Gasteiger partial charge in [0.1, 0.15) is 0 Å². The first-order chi connectivity index (χ1) is 7.76. The van der Waals surface area contributed by atoms with Gasteiger partial charge in [-0.2, -0.15) is 0 Å². The van der Waals surface area contributed by atoms with Crippen molar-refractivity contribution in [1.29, 1.82) is 0 Å². The molecule has 0 radical (unpaired) electrons. The van der Waals surface area contributed by atoms with E-state index < -0.39 is 0 Å². The van der Waals surface area contributed by atoms with Gasteiger partial charge < -0.3 is 14.6 Å². The highest BCUT2D eigenvalue weighted by Crippen LogP contribution is 2.31. The van der Waals surface area contributed by atoms with Gasteiger partial charge in [0.15, 0.2) is 17.8 Å². The maximum atomic E-state index is 10.9. The maximum absolute atomic E-state index is 10.9. The third-order valence-corrected chi connectivity index (χ3v) is 2.32. The molecule has 0 atom stereocenters. The smallest absolute Gasteiger partial charge is 0.171 e. The first kappa shape index (κ1) is 12.5. The molecule has 0 aliphatic carbocycles. The molecule has 0 aliphatic heterocycles. The van der Waals surface area contributed by atoms with Gasteiger partial charge >= 0.3 is 0 Å². The Hall–Kier alpha value is -1.55. The van der Waals surface area contributed by atoms with Crippen molar-refractivity contribution in [3.8, 4) is 11.5 Å². The molecule has 0 heterocycles. The van der Waals surface area contributed by atoms with Crippen LogP contribution in [0, 0.1) is 0 Å². The topological polar surface area (TPSA) is 55.8 Å². The Balaban J connectivity index is 3.10. The minimum atomic E-state index is 0.130. The van der Waals surface area contributed by atoms with Crippen LogP contribution in [0.2, 0.25) is 0 Å². The lowest BCUT2D eigenvalue weighted by Crippen LogP contribution is -1.98. The van der Waals surface area contributed by atoms with E-state index in [1.807, 2.05) is 6.07 Å². The quantitative estimate of drug-likeness (QED) is 0.743. The summed E-state index contributed by atoms with van der Waals surface area (Å²) in [5, 5.41) is 8.76. The molecular weight excluding hydrogens is 208 g/mol. The van der Waals surface area contributed by atoms with Crippen molar-refractivity contribution in [1.82, 2.24) is 0 Å². The van der Waals surface area contributed by atoms with Gasteiger partial charge in [0.05, 0.1) is 19.8 Å². The van der Waals surface area contributed by atoms with Gasteiger partial charge in [-0.3, -0.25) is 4.79 Å². The SMILES string of the molecule is COc1cc(CCCO)cc(C=O)c1OC. The zero-order chi connectivity index (χ0) is 12.0. The highest BCUT2D eigenvalue weighted by molar-refractivity contribution is 5.81. The number of aliphatic hydroxyl groups excluding tert-OH is 1. The summed E-state index contributed by atoms with van der Waals surface area (Å²) in [5.74, 6) is 0.991. The van der Waals surface area contributed by atoms with Crippen LogP contribution in [-0.4, -0.2) is 32.2 Å². The van der Waals surface area contributed by atoms with Crippen molar-refractivity contribution in [2.24, 2.45) is 0 Å². The summed E-state index contributed by atoms with van der Waals surface area (Å²) in [5.41, 5.74) is 1.42. The summed E-state index contributed by atoms with van der Waals surface area (Å²) in [4.78, 5) is 10.9. The second kappa shape index (κ2) is 6.12. The van der Waals surface area contributed by atoms with E-state index in [4.69, 9.17) is 14.6 Å². The third kappa shape index (κ3) is 2.73. The van der Waals surface area contributed by atoms with Crippen molar-refractivity contribution < 1.29 is 19.4 Å². The van der Waals surface area contributed by atoms with Crippen LogP contribution in [0.3, 0.4) is 0 Å². The molecule has 4 heteroatoms. The zero-order valence-electron chi connectivity index (χ0n) is 9.53. The largest absolute Gasteiger partial charge is 0.493 e. The third-order valence-electron chi connectivity index (χ3n) is 2.32. The van der Waals surface area contributed by atoms with Crippen LogP contribution >= 0.6 is 0 Å². The number of carbonyl (C=O) groups is 1. The number of hydrogen-bond acceptors (Lipinski definition) is 4. The van der Waals surface area contributed by atoms with Crippen LogP contribution in [0.4, 0.5) is 0 Å². The van der Waals surface area contributed by atoms with Gasteiger partial charge in [0, 0.05) is 6.61 Å². The molecule has 0 aliphatic rings. The zero-order valence-corrected chi connectivity index (χ0v) is 9.53. The van der Waals surface area contributed by atoms with E-state index >= 15 is 0 Å². The van der Waals surface area contributed by atoms with E-state index in [0.717, 1.165) is 11.8 Å². The molecule has 1 rings (SSSR count). The van der Waals surface area contributed by atoms with Crippen molar-refractivity contribution in [3.63, 3.8) is 0 Å². The summed E-state index contributed by atoms with van der Waals surface area (Å²) in [6.45, 7) is 0.130. The fourth-order valence-corrected chi connectivity index (χ4v) is 1.57. The van der Waals surface area contributed by atoms with E-state index in [1.165, 1.54) is 14.2 Å². The Morgan fingerprint density at radius 1 is 1.31 bits per heavy atom. The van der Waals surface area contributed by atoms with Crippen molar-refractivity contribution in [2.45, 2.75) is 12.8 Å². The summed E-state index contributed by atoms with van der Waals surface area (Å²) < 4.78 is 10.3. The Kier molecular flexibility index (Phi) is 4.79.